The molecule has 0 bridgehead atoms. The van der Waals surface area contributed by atoms with E-state index in [9.17, 15) is 14.4 Å². The summed E-state index contributed by atoms with van der Waals surface area (Å²) in [5, 5.41) is 0. The molecule has 2 heterocycles. The molecule has 7 nitrogen and oxygen atoms in total. The van der Waals surface area contributed by atoms with Crippen molar-refractivity contribution in [3.8, 4) is 0 Å². The molecule has 2 saturated heterocycles. The smallest absolute Gasteiger partial charge is 0.336 e. The fraction of sp³-hybridized carbons (Fsp3) is 0.500. The molecule has 0 aromatic carbocycles. The second-order valence-electron chi connectivity index (χ2n) is 3.57. The molecule has 2 rings (SSSR count). The van der Waals surface area contributed by atoms with Gasteiger partial charge in [-0.1, -0.05) is 0 Å². The maximum atomic E-state index is 11.5. The average Bonchev–Trinajstić information content (AvgIpc) is 2.60. The van der Waals surface area contributed by atoms with Gasteiger partial charge >= 0.3 is 11.9 Å². The summed E-state index contributed by atoms with van der Waals surface area (Å²) in [4.78, 5) is 35.2. The molecule has 2 aliphatic rings. The normalized spacial score (nSPS) is 28.2. The van der Waals surface area contributed by atoms with Crippen molar-refractivity contribution in [3.05, 3.63) is 11.8 Å². The van der Waals surface area contributed by atoms with Crippen LogP contribution in [0.4, 0.5) is 0 Å². The molecule has 2 fully saturated rings. The lowest BCUT2D eigenvalue weighted by Crippen LogP contribution is -2.55. The maximum absolute atomic E-state index is 11.5. The predicted octanol–water partition coefficient (Wildman–Crippen LogP) is -0.826. The van der Waals surface area contributed by atoms with Crippen molar-refractivity contribution in [3.63, 3.8) is 0 Å². The van der Waals surface area contributed by atoms with Gasteiger partial charge in [0.05, 0.1) is 26.7 Å². The zero-order valence-electron chi connectivity index (χ0n) is 9.34. The molecule has 0 aromatic rings. The Labute approximate surface area is 96.9 Å². The molecule has 2 unspecified atom stereocenters. The Balaban J connectivity index is 2.27. The molecule has 0 aliphatic carbocycles. The van der Waals surface area contributed by atoms with Crippen LogP contribution in [-0.4, -0.2) is 49.2 Å². The number of esters is 2. The van der Waals surface area contributed by atoms with Crippen molar-refractivity contribution in [2.75, 3.05) is 14.2 Å². The second kappa shape index (κ2) is 4.08. The second-order valence-corrected chi connectivity index (χ2v) is 3.57. The first kappa shape index (κ1) is 11.4. The number of hydrogen-bond acceptors (Lipinski definition) is 6. The number of carbonyl (C=O) groups excluding carboxylic acids is 3. The van der Waals surface area contributed by atoms with Crippen LogP contribution in [0.15, 0.2) is 11.8 Å². The lowest BCUT2D eigenvalue weighted by Gasteiger charge is -2.33. The largest absolute Gasteiger partial charge is 0.471 e. The number of hydrogen-bond donors (Lipinski definition) is 0. The van der Waals surface area contributed by atoms with E-state index >= 15 is 0 Å². The van der Waals surface area contributed by atoms with Gasteiger partial charge in [0, 0.05) is 0 Å². The summed E-state index contributed by atoms with van der Waals surface area (Å²) in [5.41, 5.74) is 0. The topological polar surface area (TPSA) is 82.1 Å². The molecule has 0 saturated carbocycles. The number of carbonyl (C=O) groups is 3. The third-order valence-corrected chi connectivity index (χ3v) is 2.65. The first-order chi connectivity index (χ1) is 8.08. The van der Waals surface area contributed by atoms with E-state index in [-0.39, 0.29) is 18.1 Å². The molecule has 92 valence electrons. The highest BCUT2D eigenvalue weighted by Crippen LogP contribution is 2.36. The first-order valence-electron chi connectivity index (χ1n) is 4.93. The van der Waals surface area contributed by atoms with E-state index in [1.54, 1.807) is 0 Å². The zero-order chi connectivity index (χ0) is 12.6. The minimum absolute atomic E-state index is 0.0829. The lowest BCUT2D eigenvalue weighted by atomic mass is 10.1. The van der Waals surface area contributed by atoms with E-state index in [4.69, 9.17) is 4.74 Å². The Hall–Kier alpha value is -2.05. The van der Waals surface area contributed by atoms with Gasteiger partial charge in [-0.05, 0) is 0 Å². The Bertz CT molecular complexity index is 415. The van der Waals surface area contributed by atoms with E-state index in [1.807, 2.05) is 0 Å². The highest BCUT2D eigenvalue weighted by atomic mass is 16.6. The maximum Gasteiger partial charge on any atom is 0.336 e. The molecular weight excluding hydrogens is 230 g/mol. The summed E-state index contributed by atoms with van der Waals surface area (Å²) in [6.45, 7) is 0. The summed E-state index contributed by atoms with van der Waals surface area (Å²) in [6, 6.07) is -0.981. The van der Waals surface area contributed by atoms with Gasteiger partial charge in [-0.15, -0.1) is 0 Å². The van der Waals surface area contributed by atoms with Gasteiger partial charge in [-0.25, -0.2) is 9.59 Å². The van der Waals surface area contributed by atoms with Crippen LogP contribution in [0.2, 0.25) is 0 Å². The fourth-order valence-corrected chi connectivity index (χ4v) is 1.80. The van der Waals surface area contributed by atoms with E-state index in [0.717, 1.165) is 6.08 Å². The predicted molar refractivity (Wildman–Crippen MR) is 52.2 cm³/mol. The van der Waals surface area contributed by atoms with Crippen molar-refractivity contribution in [1.29, 1.82) is 0 Å². The van der Waals surface area contributed by atoms with Crippen LogP contribution in [0, 0.1) is 0 Å². The molecular formula is C10H11NO6. The average molecular weight is 241 g/mol. The molecule has 2 aliphatic heterocycles. The van der Waals surface area contributed by atoms with Crippen LogP contribution in [0.25, 0.3) is 0 Å². The molecule has 1 amide bonds. The minimum atomic E-state index is -0.981. The van der Waals surface area contributed by atoms with Crippen LogP contribution in [0.5, 0.6) is 0 Å². The Morgan fingerprint density at radius 2 is 2.12 bits per heavy atom. The number of ether oxygens (including phenoxy) is 3. The van der Waals surface area contributed by atoms with Crippen molar-refractivity contribution in [1.82, 2.24) is 4.90 Å². The van der Waals surface area contributed by atoms with E-state index < -0.39 is 24.2 Å². The number of amides is 1. The zero-order valence-corrected chi connectivity index (χ0v) is 9.34. The third kappa shape index (κ3) is 1.73. The lowest BCUT2D eigenvalue weighted by molar-refractivity contribution is -0.164. The SMILES string of the molecule is COC(=O)C=C1OC2CC(=O)N2C1C(=O)OC. The van der Waals surface area contributed by atoms with Crippen molar-refractivity contribution in [2.24, 2.45) is 0 Å². The monoisotopic (exact) mass is 241 g/mol. The third-order valence-electron chi connectivity index (χ3n) is 2.65. The Morgan fingerprint density at radius 1 is 1.41 bits per heavy atom. The summed E-state index contributed by atoms with van der Waals surface area (Å²) >= 11 is 0. The fourth-order valence-electron chi connectivity index (χ4n) is 1.80. The van der Waals surface area contributed by atoms with Gasteiger partial charge in [0.25, 0.3) is 0 Å². The summed E-state index contributed by atoms with van der Waals surface area (Å²) < 4.78 is 14.3. The molecule has 7 heteroatoms. The minimum Gasteiger partial charge on any atom is -0.471 e. The van der Waals surface area contributed by atoms with E-state index in [0.29, 0.717) is 0 Å². The standard InChI is InChI=1S/C10H11NO6/c1-15-8(13)3-5-9(10(14)16-2)11-6(12)4-7(11)17-5/h3,7,9H,4H2,1-2H3. The van der Waals surface area contributed by atoms with Crippen LogP contribution in [0.1, 0.15) is 6.42 Å². The number of fused-ring (bicyclic) bond motifs is 1. The first-order valence-corrected chi connectivity index (χ1v) is 4.93. The van der Waals surface area contributed by atoms with Gasteiger partial charge in [0.2, 0.25) is 5.91 Å². The van der Waals surface area contributed by atoms with Gasteiger partial charge in [-0.3, -0.25) is 9.69 Å². The van der Waals surface area contributed by atoms with E-state index in [2.05, 4.69) is 9.47 Å². The molecule has 2 atom stereocenters. The van der Waals surface area contributed by atoms with Crippen LogP contribution < -0.4 is 0 Å². The van der Waals surface area contributed by atoms with Crippen LogP contribution >= 0.6 is 0 Å². The molecule has 0 aromatic heterocycles. The number of β-lactam (4-membered cyclic amide) rings is 1. The molecule has 0 radical (unpaired) electrons. The van der Waals surface area contributed by atoms with Gasteiger partial charge < -0.3 is 14.2 Å². The number of rotatable bonds is 2. The molecule has 0 N–H and O–H groups in total. The number of nitrogens with zero attached hydrogens (tertiary/aromatic N) is 1. The molecule has 17 heavy (non-hydrogen) atoms. The van der Waals surface area contributed by atoms with Crippen LogP contribution in [0.3, 0.4) is 0 Å². The summed E-state index contributed by atoms with van der Waals surface area (Å²) in [5.74, 6) is -1.42. The van der Waals surface area contributed by atoms with Crippen molar-refractivity contribution < 1.29 is 28.6 Å². The Kier molecular flexibility index (Phi) is 2.74. The number of methoxy groups -OCH3 is 2. The quantitative estimate of drug-likeness (QED) is 0.356. The van der Waals surface area contributed by atoms with Crippen LogP contribution in [-0.2, 0) is 28.6 Å². The van der Waals surface area contributed by atoms with Gasteiger partial charge in [0.15, 0.2) is 12.3 Å². The highest BCUT2D eigenvalue weighted by Gasteiger charge is 2.54. The van der Waals surface area contributed by atoms with Gasteiger partial charge in [-0.2, -0.15) is 0 Å². The van der Waals surface area contributed by atoms with Crippen molar-refractivity contribution >= 4 is 17.8 Å². The summed E-state index contributed by atoms with van der Waals surface area (Å²) in [6.07, 6.45) is 0.765. The molecule has 0 spiro atoms. The Morgan fingerprint density at radius 3 is 2.65 bits per heavy atom. The van der Waals surface area contributed by atoms with Crippen molar-refractivity contribution in [2.45, 2.75) is 18.7 Å². The van der Waals surface area contributed by atoms with E-state index in [1.165, 1.54) is 19.1 Å². The van der Waals surface area contributed by atoms with Gasteiger partial charge in [0.1, 0.15) is 5.76 Å². The highest BCUT2D eigenvalue weighted by molar-refractivity contribution is 5.93. The summed E-state index contributed by atoms with van der Waals surface area (Å²) in [7, 11) is 2.41.